The van der Waals surface area contributed by atoms with Crippen molar-refractivity contribution in [3.63, 3.8) is 0 Å². The molecule has 1 saturated heterocycles. The molecule has 6 nitrogen and oxygen atoms in total. The third-order valence-electron chi connectivity index (χ3n) is 2.71. The van der Waals surface area contributed by atoms with E-state index in [1.807, 2.05) is 0 Å². The highest BCUT2D eigenvalue weighted by molar-refractivity contribution is 7.89. The Bertz CT molecular complexity index is 555. The van der Waals surface area contributed by atoms with Gasteiger partial charge in [-0.15, -0.1) is 0 Å². The third kappa shape index (κ3) is 2.31. The van der Waals surface area contributed by atoms with Crippen molar-refractivity contribution < 1.29 is 18.3 Å². The van der Waals surface area contributed by atoms with Gasteiger partial charge >= 0.3 is 0 Å². The van der Waals surface area contributed by atoms with Crippen LogP contribution in [0.2, 0.25) is 5.15 Å². The molecule has 8 heteroatoms. The van der Waals surface area contributed by atoms with Gasteiger partial charge in [-0.1, -0.05) is 11.6 Å². The molecule has 1 fully saturated rings. The van der Waals surface area contributed by atoms with Crippen LogP contribution < -0.4 is 0 Å². The number of halogens is 1. The minimum Gasteiger partial charge on any atom is -0.504 e. The largest absolute Gasteiger partial charge is 0.504 e. The van der Waals surface area contributed by atoms with Crippen LogP contribution in [-0.4, -0.2) is 49.1 Å². The molecule has 0 radical (unpaired) electrons. The van der Waals surface area contributed by atoms with E-state index in [4.69, 9.17) is 16.3 Å². The molecule has 0 amide bonds. The predicted molar refractivity (Wildman–Crippen MR) is 65.2 cm³/mol. The van der Waals surface area contributed by atoms with Gasteiger partial charge < -0.3 is 9.84 Å². The predicted octanol–water partition coefficient (Wildman–Crippen LogP) is 0.770. The summed E-state index contributed by atoms with van der Waals surface area (Å²) in [5, 5.41) is 9.60. The van der Waals surface area contributed by atoms with Crippen molar-refractivity contribution in [1.29, 1.82) is 0 Å². The van der Waals surface area contributed by atoms with Gasteiger partial charge in [0.05, 0.1) is 13.2 Å². The fourth-order valence-corrected chi connectivity index (χ4v) is 3.68. The minimum absolute atomic E-state index is 0.176. The SMILES string of the molecule is Cc1cnc(Cl)c(O)c1S(=O)(=O)N1CCOCC1. The van der Waals surface area contributed by atoms with Crippen LogP contribution in [0.5, 0.6) is 5.75 Å². The summed E-state index contributed by atoms with van der Waals surface area (Å²) in [6, 6.07) is 0. The van der Waals surface area contributed by atoms with E-state index < -0.39 is 15.8 Å². The summed E-state index contributed by atoms with van der Waals surface area (Å²) in [5.41, 5.74) is 0.364. The molecule has 1 aromatic heterocycles. The number of hydrogen-bond acceptors (Lipinski definition) is 5. The van der Waals surface area contributed by atoms with Gasteiger partial charge in [0.25, 0.3) is 0 Å². The summed E-state index contributed by atoms with van der Waals surface area (Å²) in [6.45, 7) is 2.79. The number of ether oxygens (including phenoxy) is 1. The van der Waals surface area contributed by atoms with E-state index >= 15 is 0 Å². The first-order valence-electron chi connectivity index (χ1n) is 5.36. The lowest BCUT2D eigenvalue weighted by molar-refractivity contribution is 0.0729. The van der Waals surface area contributed by atoms with E-state index in [9.17, 15) is 13.5 Å². The molecule has 0 saturated carbocycles. The number of aryl methyl sites for hydroxylation is 1. The summed E-state index contributed by atoms with van der Waals surface area (Å²) in [6.07, 6.45) is 1.33. The van der Waals surface area contributed by atoms with Crippen LogP contribution in [0.3, 0.4) is 0 Å². The molecular formula is C10H13ClN2O4S. The van der Waals surface area contributed by atoms with Crippen LogP contribution in [-0.2, 0) is 14.8 Å². The molecule has 0 aliphatic carbocycles. The van der Waals surface area contributed by atoms with Crippen LogP contribution in [0.25, 0.3) is 0 Å². The average Bonchev–Trinajstić information content (AvgIpc) is 2.35. The summed E-state index contributed by atoms with van der Waals surface area (Å²) < 4.78 is 31.2. The van der Waals surface area contributed by atoms with E-state index in [0.29, 0.717) is 18.8 Å². The lowest BCUT2D eigenvalue weighted by Crippen LogP contribution is -2.40. The lowest BCUT2D eigenvalue weighted by atomic mass is 10.3. The van der Waals surface area contributed by atoms with Crippen molar-refractivity contribution in [3.8, 4) is 5.75 Å². The standard InChI is InChI=1S/C10H13ClN2O4S/c1-7-6-12-10(11)8(14)9(7)18(15,16)13-2-4-17-5-3-13/h6,14H,2-5H2,1H3. The Balaban J connectivity index is 2.50. The number of aromatic nitrogens is 1. The molecule has 18 heavy (non-hydrogen) atoms. The van der Waals surface area contributed by atoms with Gasteiger partial charge in [0.15, 0.2) is 10.9 Å². The van der Waals surface area contributed by atoms with Crippen molar-refractivity contribution in [2.45, 2.75) is 11.8 Å². The van der Waals surface area contributed by atoms with E-state index in [1.54, 1.807) is 6.92 Å². The number of aromatic hydroxyl groups is 1. The molecular weight excluding hydrogens is 280 g/mol. The summed E-state index contributed by atoms with van der Waals surface area (Å²) in [7, 11) is -3.77. The van der Waals surface area contributed by atoms with E-state index in [1.165, 1.54) is 10.5 Å². The molecule has 1 N–H and O–H groups in total. The molecule has 1 aliphatic heterocycles. The molecule has 1 aromatic rings. The Kier molecular flexibility index (Phi) is 3.76. The Hall–Kier alpha value is -0.890. The van der Waals surface area contributed by atoms with Crippen LogP contribution in [0.4, 0.5) is 0 Å². The molecule has 0 atom stereocenters. The topological polar surface area (TPSA) is 79.7 Å². The maximum Gasteiger partial charge on any atom is 0.247 e. The van der Waals surface area contributed by atoms with Gasteiger partial charge in [-0.05, 0) is 12.5 Å². The van der Waals surface area contributed by atoms with E-state index in [0.717, 1.165) is 0 Å². The second-order valence-electron chi connectivity index (χ2n) is 3.93. The van der Waals surface area contributed by atoms with Gasteiger partial charge in [-0.2, -0.15) is 4.31 Å². The van der Waals surface area contributed by atoms with E-state index in [-0.39, 0.29) is 23.1 Å². The van der Waals surface area contributed by atoms with Gasteiger partial charge in [0.1, 0.15) is 4.90 Å². The normalized spacial score (nSPS) is 17.9. The van der Waals surface area contributed by atoms with Gasteiger partial charge in [0.2, 0.25) is 10.0 Å². The number of nitrogens with zero attached hydrogens (tertiary/aromatic N) is 2. The zero-order chi connectivity index (χ0) is 13.3. The summed E-state index contributed by atoms with van der Waals surface area (Å²) in [4.78, 5) is 3.53. The summed E-state index contributed by atoms with van der Waals surface area (Å²) in [5.74, 6) is -0.497. The van der Waals surface area contributed by atoms with Crippen LogP contribution >= 0.6 is 11.6 Å². The third-order valence-corrected chi connectivity index (χ3v) is 5.06. The molecule has 2 rings (SSSR count). The number of pyridine rings is 1. The summed E-state index contributed by atoms with van der Waals surface area (Å²) >= 11 is 5.66. The van der Waals surface area contributed by atoms with Crippen LogP contribution in [0.1, 0.15) is 5.56 Å². The Morgan fingerprint density at radius 3 is 2.67 bits per heavy atom. The maximum absolute atomic E-state index is 12.4. The van der Waals surface area contributed by atoms with Crippen molar-refractivity contribution in [2.24, 2.45) is 0 Å². The molecule has 1 aliphatic rings. The first kappa shape index (κ1) is 13.5. The molecule has 2 heterocycles. The molecule has 0 spiro atoms. The Labute approximate surface area is 110 Å². The fraction of sp³-hybridized carbons (Fsp3) is 0.500. The van der Waals surface area contributed by atoms with Crippen molar-refractivity contribution in [2.75, 3.05) is 26.3 Å². The first-order valence-corrected chi connectivity index (χ1v) is 7.18. The smallest absolute Gasteiger partial charge is 0.247 e. The Morgan fingerprint density at radius 2 is 2.06 bits per heavy atom. The van der Waals surface area contributed by atoms with Gasteiger partial charge in [0, 0.05) is 19.3 Å². The zero-order valence-electron chi connectivity index (χ0n) is 9.76. The van der Waals surface area contributed by atoms with Crippen molar-refractivity contribution in [3.05, 3.63) is 16.9 Å². The zero-order valence-corrected chi connectivity index (χ0v) is 11.3. The van der Waals surface area contributed by atoms with Crippen molar-refractivity contribution in [1.82, 2.24) is 9.29 Å². The highest BCUT2D eigenvalue weighted by atomic mass is 35.5. The second-order valence-corrected chi connectivity index (χ2v) is 6.16. The molecule has 0 aromatic carbocycles. The number of sulfonamides is 1. The van der Waals surface area contributed by atoms with Gasteiger partial charge in [-0.25, -0.2) is 13.4 Å². The maximum atomic E-state index is 12.4. The average molecular weight is 293 g/mol. The second kappa shape index (κ2) is 5.00. The van der Waals surface area contributed by atoms with E-state index in [2.05, 4.69) is 4.98 Å². The molecule has 0 unspecified atom stereocenters. The van der Waals surface area contributed by atoms with Crippen LogP contribution in [0, 0.1) is 6.92 Å². The van der Waals surface area contributed by atoms with Crippen LogP contribution in [0.15, 0.2) is 11.1 Å². The monoisotopic (exact) mass is 292 g/mol. The number of rotatable bonds is 2. The molecule has 100 valence electrons. The lowest BCUT2D eigenvalue weighted by Gasteiger charge is -2.26. The van der Waals surface area contributed by atoms with Gasteiger partial charge in [-0.3, -0.25) is 0 Å². The highest BCUT2D eigenvalue weighted by Crippen LogP contribution is 2.33. The minimum atomic E-state index is -3.77. The molecule has 0 bridgehead atoms. The highest BCUT2D eigenvalue weighted by Gasteiger charge is 2.31. The number of hydrogen-bond donors (Lipinski definition) is 1. The number of morpholine rings is 1. The Morgan fingerprint density at radius 1 is 1.44 bits per heavy atom. The first-order chi connectivity index (χ1) is 8.44. The van der Waals surface area contributed by atoms with Crippen molar-refractivity contribution >= 4 is 21.6 Å². The fourth-order valence-electron chi connectivity index (χ4n) is 1.80. The quantitative estimate of drug-likeness (QED) is 0.815.